The van der Waals surface area contributed by atoms with Crippen LogP contribution in [0, 0.1) is 18.3 Å². The smallest absolute Gasteiger partial charge is 0.191 e. The lowest BCUT2D eigenvalue weighted by atomic mass is 9.67. The van der Waals surface area contributed by atoms with Crippen LogP contribution in [0.15, 0.2) is 4.99 Å². The van der Waals surface area contributed by atoms with Crippen molar-refractivity contribution in [2.45, 2.75) is 58.9 Å². The molecule has 1 aromatic heterocycles. The number of rotatable bonds is 5. The third-order valence-electron chi connectivity index (χ3n) is 5.81. The van der Waals surface area contributed by atoms with Gasteiger partial charge in [0.05, 0.1) is 0 Å². The van der Waals surface area contributed by atoms with Crippen LogP contribution < -0.4 is 10.6 Å². The molecule has 1 aliphatic heterocycles. The van der Waals surface area contributed by atoms with Gasteiger partial charge in [0.1, 0.15) is 11.6 Å². The third-order valence-corrected chi connectivity index (χ3v) is 5.81. The highest BCUT2D eigenvalue weighted by Crippen LogP contribution is 2.42. The molecular weight excluding hydrogens is 415 g/mol. The number of fused-ring (bicyclic) bond motifs is 1. The Balaban J connectivity index is 0.00000208. The van der Waals surface area contributed by atoms with Crippen molar-refractivity contribution in [2.75, 3.05) is 20.1 Å². The Kier molecular flexibility index (Phi) is 6.88. The van der Waals surface area contributed by atoms with Gasteiger partial charge in [0.15, 0.2) is 5.96 Å². The molecule has 1 aromatic rings. The average Bonchev–Trinajstić information content (AvgIpc) is 2.90. The fourth-order valence-corrected chi connectivity index (χ4v) is 3.76. The van der Waals surface area contributed by atoms with Gasteiger partial charge in [-0.2, -0.15) is 0 Å². The quantitative estimate of drug-likeness (QED) is 0.415. The van der Waals surface area contributed by atoms with E-state index in [1.54, 1.807) is 0 Å². The summed E-state index contributed by atoms with van der Waals surface area (Å²) in [6, 6.07) is 0. The van der Waals surface area contributed by atoms with Crippen LogP contribution in [0.3, 0.4) is 0 Å². The highest BCUT2D eigenvalue weighted by Gasteiger charge is 2.35. The summed E-state index contributed by atoms with van der Waals surface area (Å²) in [5.41, 5.74) is 0.511. The summed E-state index contributed by atoms with van der Waals surface area (Å²) in [5, 5.41) is 15.5. The van der Waals surface area contributed by atoms with Gasteiger partial charge < -0.3 is 15.2 Å². The fraction of sp³-hybridized carbons (Fsp3) is 0.824. The van der Waals surface area contributed by atoms with E-state index in [0.29, 0.717) is 11.3 Å². The average molecular weight is 446 g/mol. The second-order valence-electron chi connectivity index (χ2n) is 7.19. The van der Waals surface area contributed by atoms with Gasteiger partial charge in [-0.25, -0.2) is 0 Å². The summed E-state index contributed by atoms with van der Waals surface area (Å²) in [5.74, 6) is 3.72. The number of nitrogens with one attached hydrogen (secondary N) is 2. The zero-order valence-electron chi connectivity index (χ0n) is 15.1. The number of aryl methyl sites for hydroxylation is 2. The maximum atomic E-state index is 4.38. The van der Waals surface area contributed by atoms with Crippen molar-refractivity contribution in [3.8, 4) is 0 Å². The predicted molar refractivity (Wildman–Crippen MR) is 108 cm³/mol. The van der Waals surface area contributed by atoms with E-state index in [4.69, 9.17) is 0 Å². The van der Waals surface area contributed by atoms with E-state index in [-0.39, 0.29) is 24.0 Å². The lowest BCUT2D eigenvalue weighted by molar-refractivity contribution is 0.131. The maximum absolute atomic E-state index is 4.38. The van der Waals surface area contributed by atoms with Gasteiger partial charge in [0, 0.05) is 33.1 Å². The second kappa shape index (κ2) is 8.49. The maximum Gasteiger partial charge on any atom is 0.191 e. The number of hydrogen-bond donors (Lipinski definition) is 2. The first-order valence-electron chi connectivity index (χ1n) is 8.99. The molecule has 0 bridgehead atoms. The Morgan fingerprint density at radius 3 is 2.75 bits per heavy atom. The summed E-state index contributed by atoms with van der Waals surface area (Å²) in [7, 11) is 1.86. The molecular formula is C17H31IN6. The molecule has 7 heteroatoms. The van der Waals surface area contributed by atoms with E-state index in [0.717, 1.165) is 43.7 Å². The van der Waals surface area contributed by atoms with E-state index in [1.807, 2.05) is 14.0 Å². The van der Waals surface area contributed by atoms with Crippen molar-refractivity contribution in [1.29, 1.82) is 0 Å². The zero-order valence-corrected chi connectivity index (χ0v) is 17.5. The van der Waals surface area contributed by atoms with Crippen LogP contribution in [0.4, 0.5) is 0 Å². The zero-order chi connectivity index (χ0) is 16.3. The summed E-state index contributed by atoms with van der Waals surface area (Å²) in [4.78, 5) is 4.38. The highest BCUT2D eigenvalue weighted by molar-refractivity contribution is 14.0. The first-order chi connectivity index (χ1) is 11.2. The number of halogens is 1. The number of aromatic nitrogens is 3. The Morgan fingerprint density at radius 1 is 1.33 bits per heavy atom. The van der Waals surface area contributed by atoms with Crippen LogP contribution in [-0.4, -0.2) is 40.9 Å². The molecule has 3 rings (SSSR count). The summed E-state index contributed by atoms with van der Waals surface area (Å²) >= 11 is 0. The molecule has 1 aliphatic carbocycles. The summed E-state index contributed by atoms with van der Waals surface area (Å²) in [6.45, 7) is 7.35. The molecule has 2 heterocycles. The minimum atomic E-state index is 0. The number of aliphatic imine (C=N–C) groups is 1. The van der Waals surface area contributed by atoms with Crippen molar-refractivity contribution >= 4 is 29.9 Å². The van der Waals surface area contributed by atoms with Crippen molar-refractivity contribution in [2.24, 2.45) is 16.3 Å². The van der Waals surface area contributed by atoms with Crippen LogP contribution in [0.1, 0.15) is 50.7 Å². The van der Waals surface area contributed by atoms with Gasteiger partial charge in [-0.15, -0.1) is 34.2 Å². The van der Waals surface area contributed by atoms with Crippen LogP contribution >= 0.6 is 24.0 Å². The molecule has 2 aliphatic rings. The first kappa shape index (κ1) is 19.5. The Hall–Kier alpha value is -0.860. The molecule has 0 amide bonds. The molecule has 0 radical (unpaired) electrons. The lowest BCUT2D eigenvalue weighted by Gasteiger charge is -2.41. The van der Waals surface area contributed by atoms with Crippen molar-refractivity contribution in [3.05, 3.63) is 11.6 Å². The number of guanidine groups is 1. The van der Waals surface area contributed by atoms with Gasteiger partial charge in [-0.3, -0.25) is 4.99 Å². The number of nitrogens with zero attached hydrogens (tertiary/aromatic N) is 4. The lowest BCUT2D eigenvalue weighted by Crippen LogP contribution is -2.47. The third kappa shape index (κ3) is 4.21. The normalized spacial score (nSPS) is 22.1. The topological polar surface area (TPSA) is 67.1 Å². The molecule has 1 saturated carbocycles. The van der Waals surface area contributed by atoms with E-state index in [9.17, 15) is 0 Å². The van der Waals surface area contributed by atoms with Crippen LogP contribution in [0.25, 0.3) is 0 Å². The van der Waals surface area contributed by atoms with E-state index in [2.05, 4.69) is 37.3 Å². The van der Waals surface area contributed by atoms with E-state index < -0.39 is 0 Å². The Labute approximate surface area is 162 Å². The molecule has 136 valence electrons. The van der Waals surface area contributed by atoms with Crippen molar-refractivity contribution < 1.29 is 0 Å². The van der Waals surface area contributed by atoms with Crippen LogP contribution in [-0.2, 0) is 13.0 Å². The summed E-state index contributed by atoms with van der Waals surface area (Å²) in [6.07, 6.45) is 7.54. The predicted octanol–water partition coefficient (Wildman–Crippen LogP) is 2.51. The molecule has 24 heavy (non-hydrogen) atoms. The molecule has 1 atom stereocenters. The molecule has 2 N–H and O–H groups in total. The van der Waals surface area contributed by atoms with Gasteiger partial charge in [-0.05, 0) is 43.9 Å². The minimum absolute atomic E-state index is 0. The second-order valence-corrected chi connectivity index (χ2v) is 7.19. The largest absolute Gasteiger partial charge is 0.356 e. The highest BCUT2D eigenvalue weighted by atomic mass is 127. The van der Waals surface area contributed by atoms with Crippen LogP contribution in [0.5, 0.6) is 0 Å². The molecule has 1 fully saturated rings. The van der Waals surface area contributed by atoms with Gasteiger partial charge in [0.25, 0.3) is 0 Å². The SMILES string of the molecule is CCC1(CNC(=NC)NCC2CCc3nnc(C)n3C2)CCC1.I. The standard InChI is InChI=1S/C17H30N6.HI/c1-4-17(8-5-9-17)12-20-16(18-3)19-10-14-6-7-15-22-21-13(2)23(15)11-14;/h14H,4-12H2,1-3H3,(H2,18,19,20);1H. The molecule has 0 aromatic carbocycles. The molecule has 0 saturated heterocycles. The number of hydrogen-bond acceptors (Lipinski definition) is 3. The Bertz CT molecular complexity index is 558. The first-order valence-corrected chi connectivity index (χ1v) is 8.99. The van der Waals surface area contributed by atoms with Crippen molar-refractivity contribution in [1.82, 2.24) is 25.4 Å². The molecule has 6 nitrogen and oxygen atoms in total. The molecule has 1 unspecified atom stereocenters. The summed E-state index contributed by atoms with van der Waals surface area (Å²) < 4.78 is 2.26. The fourth-order valence-electron chi connectivity index (χ4n) is 3.76. The van der Waals surface area contributed by atoms with Crippen LogP contribution in [0.2, 0.25) is 0 Å². The minimum Gasteiger partial charge on any atom is -0.356 e. The Morgan fingerprint density at radius 2 is 2.12 bits per heavy atom. The van der Waals surface area contributed by atoms with Gasteiger partial charge >= 0.3 is 0 Å². The molecule has 0 spiro atoms. The monoisotopic (exact) mass is 446 g/mol. The van der Waals surface area contributed by atoms with Gasteiger partial charge in [0.2, 0.25) is 0 Å². The van der Waals surface area contributed by atoms with Crippen molar-refractivity contribution in [3.63, 3.8) is 0 Å². The van der Waals surface area contributed by atoms with Gasteiger partial charge in [-0.1, -0.05) is 13.3 Å². The van der Waals surface area contributed by atoms with E-state index in [1.165, 1.54) is 32.1 Å². The van der Waals surface area contributed by atoms with E-state index >= 15 is 0 Å².